The van der Waals surface area contributed by atoms with Crippen LogP contribution in [-0.2, 0) is 0 Å². The van der Waals surface area contributed by atoms with Gasteiger partial charge in [0.2, 0.25) is 0 Å². The molecule has 0 aromatic carbocycles. The van der Waals surface area contributed by atoms with E-state index in [9.17, 15) is 0 Å². The summed E-state index contributed by atoms with van der Waals surface area (Å²) in [6.07, 6.45) is 7.05. The molecule has 0 aliphatic rings. The van der Waals surface area contributed by atoms with Crippen LogP contribution in [0.15, 0.2) is 0 Å². The highest BCUT2D eigenvalue weighted by atomic mass is 14.8. The first-order valence-corrected chi connectivity index (χ1v) is 4.06. The molecule has 0 unspecified atom stereocenters. The lowest BCUT2D eigenvalue weighted by atomic mass is 10.4. The third-order valence-electron chi connectivity index (χ3n) is 0.873. The molecule has 0 atom stereocenters. The van der Waals surface area contributed by atoms with Gasteiger partial charge in [-0.1, -0.05) is 20.8 Å². The minimum Gasteiger partial charge on any atom is -0.316 e. The van der Waals surface area contributed by atoms with Crippen LogP contribution in [0, 0.1) is 12.3 Å². The highest BCUT2D eigenvalue weighted by Crippen LogP contribution is 1.72. The Kier molecular flexibility index (Phi) is 19.3. The third-order valence-corrected chi connectivity index (χ3v) is 0.873. The quantitative estimate of drug-likeness (QED) is 0.466. The number of nitrogens with one attached hydrogen (secondary N) is 1. The van der Waals surface area contributed by atoms with E-state index in [1.165, 1.54) is 6.42 Å². The molecule has 1 heteroatoms. The van der Waals surface area contributed by atoms with Crippen LogP contribution in [0.3, 0.4) is 0 Å². The molecule has 0 amide bonds. The van der Waals surface area contributed by atoms with E-state index in [0.717, 1.165) is 19.5 Å². The molecule has 60 valence electrons. The summed E-state index contributed by atoms with van der Waals surface area (Å²) in [7, 11) is 0. The molecule has 0 saturated heterocycles. The first-order chi connectivity index (χ1) is 4.91. The number of hydrogen-bond acceptors (Lipinski definition) is 1. The number of terminal acetylenes is 1. The molecule has 1 nitrogen and oxygen atoms in total. The normalized spacial score (nSPS) is 7.40. The van der Waals surface area contributed by atoms with Crippen LogP contribution in [0.5, 0.6) is 0 Å². The van der Waals surface area contributed by atoms with Crippen LogP contribution in [0.2, 0.25) is 0 Å². The van der Waals surface area contributed by atoms with Crippen molar-refractivity contribution in [1.29, 1.82) is 0 Å². The number of hydrogen-bond donors (Lipinski definition) is 1. The van der Waals surface area contributed by atoms with Gasteiger partial charge in [-0.05, 0) is 13.0 Å². The van der Waals surface area contributed by atoms with Crippen molar-refractivity contribution in [2.75, 3.05) is 13.1 Å². The third kappa shape index (κ3) is 15.6. The maximum Gasteiger partial charge on any atom is 0.0211 e. The molecule has 0 fully saturated rings. The van der Waals surface area contributed by atoms with E-state index in [1.807, 2.05) is 13.8 Å². The molecule has 0 saturated carbocycles. The van der Waals surface area contributed by atoms with Gasteiger partial charge in [-0.15, -0.1) is 12.3 Å². The molecule has 0 aliphatic carbocycles. The lowest BCUT2D eigenvalue weighted by Crippen LogP contribution is -2.14. The van der Waals surface area contributed by atoms with Gasteiger partial charge in [0.05, 0.1) is 0 Å². The Balaban J connectivity index is 0. The first-order valence-electron chi connectivity index (χ1n) is 4.06. The second-order valence-corrected chi connectivity index (χ2v) is 1.70. The van der Waals surface area contributed by atoms with Crippen LogP contribution < -0.4 is 5.32 Å². The monoisotopic (exact) mass is 141 g/mol. The van der Waals surface area contributed by atoms with Gasteiger partial charge in [-0.2, -0.15) is 0 Å². The molecular formula is C9H19N. The van der Waals surface area contributed by atoms with Gasteiger partial charge in [-0.3, -0.25) is 0 Å². The zero-order chi connectivity index (χ0) is 8.24. The van der Waals surface area contributed by atoms with Crippen molar-refractivity contribution < 1.29 is 0 Å². The maximum atomic E-state index is 5.02. The molecule has 0 aromatic heterocycles. The molecule has 0 heterocycles. The number of rotatable bonds is 4. The summed E-state index contributed by atoms with van der Waals surface area (Å²) in [5.41, 5.74) is 0. The van der Waals surface area contributed by atoms with Crippen molar-refractivity contribution in [2.45, 2.75) is 33.6 Å². The Hall–Kier alpha value is -0.480. The van der Waals surface area contributed by atoms with E-state index < -0.39 is 0 Å². The Morgan fingerprint density at radius 3 is 2.30 bits per heavy atom. The van der Waals surface area contributed by atoms with Crippen molar-refractivity contribution >= 4 is 0 Å². The smallest absolute Gasteiger partial charge is 0.0211 e. The van der Waals surface area contributed by atoms with Crippen molar-refractivity contribution in [3.63, 3.8) is 0 Å². The fourth-order valence-electron chi connectivity index (χ4n) is 0.462. The van der Waals surface area contributed by atoms with Gasteiger partial charge < -0.3 is 5.32 Å². The van der Waals surface area contributed by atoms with Gasteiger partial charge in [0.15, 0.2) is 0 Å². The molecule has 10 heavy (non-hydrogen) atoms. The minimum atomic E-state index is 0.847. The molecule has 0 rings (SSSR count). The van der Waals surface area contributed by atoms with Gasteiger partial charge >= 0.3 is 0 Å². The van der Waals surface area contributed by atoms with E-state index in [2.05, 4.69) is 18.2 Å². The maximum absolute atomic E-state index is 5.02. The van der Waals surface area contributed by atoms with Crippen LogP contribution in [0.25, 0.3) is 0 Å². The second-order valence-electron chi connectivity index (χ2n) is 1.70. The van der Waals surface area contributed by atoms with E-state index in [4.69, 9.17) is 6.42 Å². The van der Waals surface area contributed by atoms with Crippen molar-refractivity contribution in [3.05, 3.63) is 0 Å². The molecular weight excluding hydrogens is 122 g/mol. The Bertz CT molecular complexity index is 71.3. The van der Waals surface area contributed by atoms with Gasteiger partial charge in [0, 0.05) is 13.0 Å². The van der Waals surface area contributed by atoms with Crippen LogP contribution in [0.4, 0.5) is 0 Å². The lowest BCUT2D eigenvalue weighted by Gasteiger charge is -1.95. The van der Waals surface area contributed by atoms with E-state index in [0.29, 0.717) is 0 Å². The summed E-state index contributed by atoms with van der Waals surface area (Å²) in [6, 6.07) is 0. The summed E-state index contributed by atoms with van der Waals surface area (Å²) in [5.74, 6) is 2.56. The summed E-state index contributed by atoms with van der Waals surface area (Å²) >= 11 is 0. The van der Waals surface area contributed by atoms with E-state index in [1.54, 1.807) is 0 Å². The average molecular weight is 141 g/mol. The summed E-state index contributed by atoms with van der Waals surface area (Å²) in [6.45, 7) is 8.19. The SMILES string of the molecule is C#CCCNCCC.CC. The fourth-order valence-corrected chi connectivity index (χ4v) is 0.462. The molecule has 0 aromatic rings. The molecule has 1 N–H and O–H groups in total. The summed E-state index contributed by atoms with van der Waals surface area (Å²) < 4.78 is 0. The predicted octanol–water partition coefficient (Wildman–Crippen LogP) is 2.04. The zero-order valence-corrected chi connectivity index (χ0v) is 7.41. The van der Waals surface area contributed by atoms with Crippen LogP contribution in [-0.4, -0.2) is 13.1 Å². The molecule has 0 radical (unpaired) electrons. The topological polar surface area (TPSA) is 12.0 Å². The fraction of sp³-hybridized carbons (Fsp3) is 0.778. The Labute approximate surface area is 65.2 Å². The molecule has 0 spiro atoms. The molecule has 0 aliphatic heterocycles. The predicted molar refractivity (Wildman–Crippen MR) is 48.0 cm³/mol. The molecule has 0 bridgehead atoms. The minimum absolute atomic E-state index is 0.847. The standard InChI is InChI=1S/C7H13N.C2H6/c1-3-5-7-8-6-4-2;1-2/h1,8H,4-7H2,2H3;1-2H3. The average Bonchev–Trinajstić information content (AvgIpc) is 2.02. The Morgan fingerprint density at radius 1 is 1.30 bits per heavy atom. The van der Waals surface area contributed by atoms with Gasteiger partial charge in [-0.25, -0.2) is 0 Å². The van der Waals surface area contributed by atoms with E-state index >= 15 is 0 Å². The highest BCUT2D eigenvalue weighted by Gasteiger charge is 1.78. The van der Waals surface area contributed by atoms with Crippen LogP contribution >= 0.6 is 0 Å². The van der Waals surface area contributed by atoms with Crippen molar-refractivity contribution in [3.8, 4) is 12.3 Å². The van der Waals surface area contributed by atoms with E-state index in [-0.39, 0.29) is 0 Å². The lowest BCUT2D eigenvalue weighted by molar-refractivity contribution is 0.683. The zero-order valence-electron chi connectivity index (χ0n) is 7.41. The van der Waals surface area contributed by atoms with Crippen LogP contribution in [0.1, 0.15) is 33.6 Å². The largest absolute Gasteiger partial charge is 0.316 e. The Morgan fingerprint density at radius 2 is 1.90 bits per heavy atom. The second kappa shape index (κ2) is 15.8. The van der Waals surface area contributed by atoms with Gasteiger partial charge in [0.1, 0.15) is 0 Å². The van der Waals surface area contributed by atoms with Gasteiger partial charge in [0.25, 0.3) is 0 Å². The van der Waals surface area contributed by atoms with Crippen molar-refractivity contribution in [1.82, 2.24) is 5.32 Å². The summed E-state index contributed by atoms with van der Waals surface area (Å²) in [5, 5.41) is 3.19. The highest BCUT2D eigenvalue weighted by molar-refractivity contribution is 4.83. The summed E-state index contributed by atoms with van der Waals surface area (Å²) in [4.78, 5) is 0. The van der Waals surface area contributed by atoms with Crippen molar-refractivity contribution in [2.24, 2.45) is 0 Å². The first kappa shape index (κ1) is 12.2.